The molecule has 0 amide bonds. The van der Waals surface area contributed by atoms with Gasteiger partial charge < -0.3 is 9.52 Å². The second-order valence-electron chi connectivity index (χ2n) is 4.87. The van der Waals surface area contributed by atoms with E-state index in [1.54, 1.807) is 18.2 Å². The summed E-state index contributed by atoms with van der Waals surface area (Å²) in [4.78, 5) is 33.8. The fourth-order valence-electron chi connectivity index (χ4n) is 2.45. The molecule has 1 N–H and O–H groups in total. The van der Waals surface area contributed by atoms with Gasteiger partial charge >= 0.3 is 11.6 Å². The number of hydrogen-bond donors (Lipinski definition) is 1. The number of halogens is 1. The van der Waals surface area contributed by atoms with Crippen LogP contribution in [-0.2, 0) is 0 Å². The lowest BCUT2D eigenvalue weighted by Gasteiger charge is -2.09. The highest BCUT2D eigenvalue weighted by Crippen LogP contribution is 2.35. The fourth-order valence-corrected chi connectivity index (χ4v) is 2.63. The number of carboxylic acids is 1. The van der Waals surface area contributed by atoms with Gasteiger partial charge in [-0.2, -0.15) is 0 Å². The maximum Gasteiger partial charge on any atom is 0.372 e. The van der Waals surface area contributed by atoms with Gasteiger partial charge in [0.25, 0.3) is 5.69 Å². The van der Waals surface area contributed by atoms with Crippen molar-refractivity contribution < 1.29 is 19.2 Å². The van der Waals surface area contributed by atoms with Gasteiger partial charge in [0.05, 0.1) is 10.3 Å². The molecule has 7 nitrogen and oxygen atoms in total. The molecule has 0 saturated heterocycles. The molecule has 24 heavy (non-hydrogen) atoms. The van der Waals surface area contributed by atoms with Crippen molar-refractivity contribution in [2.24, 2.45) is 0 Å². The van der Waals surface area contributed by atoms with E-state index in [0.717, 1.165) is 6.07 Å². The molecule has 0 unspecified atom stereocenters. The predicted molar refractivity (Wildman–Crippen MR) is 86.5 cm³/mol. The number of nitro benzene ring substituents is 1. The van der Waals surface area contributed by atoms with E-state index >= 15 is 0 Å². The zero-order chi connectivity index (χ0) is 17.4. The molecule has 0 radical (unpaired) electrons. The third-order valence-electron chi connectivity index (χ3n) is 3.46. The summed E-state index contributed by atoms with van der Waals surface area (Å²) in [6.45, 7) is 0. The van der Waals surface area contributed by atoms with Gasteiger partial charge in [0.15, 0.2) is 0 Å². The van der Waals surface area contributed by atoms with Crippen molar-refractivity contribution in [2.75, 3.05) is 0 Å². The van der Waals surface area contributed by atoms with Crippen molar-refractivity contribution in [3.63, 3.8) is 0 Å². The monoisotopic (exact) mass is 345 g/mol. The van der Waals surface area contributed by atoms with Crippen molar-refractivity contribution in [1.82, 2.24) is 0 Å². The lowest BCUT2D eigenvalue weighted by molar-refractivity contribution is -0.384. The normalized spacial score (nSPS) is 10.7. The van der Waals surface area contributed by atoms with Crippen LogP contribution in [0.1, 0.15) is 10.6 Å². The van der Waals surface area contributed by atoms with Crippen LogP contribution in [0.4, 0.5) is 5.69 Å². The number of fused-ring (bicyclic) bond motifs is 1. The van der Waals surface area contributed by atoms with Crippen LogP contribution >= 0.6 is 11.6 Å². The van der Waals surface area contributed by atoms with Gasteiger partial charge in [0, 0.05) is 17.0 Å². The van der Waals surface area contributed by atoms with Crippen LogP contribution in [0.5, 0.6) is 0 Å². The Morgan fingerprint density at radius 3 is 2.46 bits per heavy atom. The Bertz CT molecular complexity index is 1060. The molecule has 8 heteroatoms. The molecule has 120 valence electrons. The Morgan fingerprint density at radius 1 is 1.17 bits per heavy atom. The van der Waals surface area contributed by atoms with E-state index in [1.807, 2.05) is 0 Å². The third kappa shape index (κ3) is 2.50. The van der Waals surface area contributed by atoms with Crippen molar-refractivity contribution in [1.29, 1.82) is 0 Å². The molecular formula is C16H8ClNO6. The molecule has 0 aliphatic heterocycles. The molecule has 3 rings (SSSR count). The first kappa shape index (κ1) is 15.7. The second kappa shape index (κ2) is 5.78. The molecule has 3 aromatic rings. The van der Waals surface area contributed by atoms with E-state index in [-0.39, 0.29) is 27.2 Å². The summed E-state index contributed by atoms with van der Waals surface area (Å²) in [7, 11) is 0. The van der Waals surface area contributed by atoms with Crippen molar-refractivity contribution in [3.8, 4) is 11.1 Å². The number of carbonyl (C=O) groups is 1. The van der Waals surface area contributed by atoms with Crippen LogP contribution in [0.15, 0.2) is 51.7 Å². The van der Waals surface area contributed by atoms with Gasteiger partial charge in [0.1, 0.15) is 5.02 Å². The quantitative estimate of drug-likeness (QED) is 0.572. The van der Waals surface area contributed by atoms with Gasteiger partial charge in [-0.1, -0.05) is 35.9 Å². The summed E-state index contributed by atoms with van der Waals surface area (Å²) < 4.78 is 4.91. The fraction of sp³-hybridized carbons (Fsp3) is 0. The number of benzene rings is 2. The largest absolute Gasteiger partial charge is 0.475 e. The highest BCUT2D eigenvalue weighted by atomic mass is 35.5. The minimum Gasteiger partial charge on any atom is -0.475 e. The maximum absolute atomic E-state index is 12.0. The van der Waals surface area contributed by atoms with E-state index < -0.39 is 22.3 Å². The number of hydrogen-bond acceptors (Lipinski definition) is 5. The number of nitro groups is 1. The van der Waals surface area contributed by atoms with Crippen molar-refractivity contribution in [2.45, 2.75) is 0 Å². The Hall–Kier alpha value is -3.19. The van der Waals surface area contributed by atoms with E-state index in [0.29, 0.717) is 5.39 Å². The predicted octanol–water partition coefficient (Wildman–Crippen LogP) is 3.72. The Morgan fingerprint density at radius 2 is 1.83 bits per heavy atom. The zero-order valence-electron chi connectivity index (χ0n) is 11.9. The molecule has 0 aliphatic carbocycles. The molecular weight excluding hydrogens is 338 g/mol. The molecule has 0 bridgehead atoms. The summed E-state index contributed by atoms with van der Waals surface area (Å²) in [6.07, 6.45) is 0. The van der Waals surface area contributed by atoms with Gasteiger partial charge in [-0.3, -0.25) is 10.1 Å². The van der Waals surface area contributed by atoms with Gasteiger partial charge in [-0.05, 0) is 17.7 Å². The zero-order valence-corrected chi connectivity index (χ0v) is 12.6. The third-order valence-corrected chi connectivity index (χ3v) is 3.78. The van der Waals surface area contributed by atoms with Crippen LogP contribution in [-0.4, -0.2) is 16.0 Å². The molecule has 1 heterocycles. The molecule has 0 saturated carbocycles. The lowest BCUT2D eigenvalue weighted by Crippen LogP contribution is -2.09. The molecule has 0 spiro atoms. The summed E-state index contributed by atoms with van der Waals surface area (Å²) in [5, 5.41) is 20.8. The summed E-state index contributed by atoms with van der Waals surface area (Å²) in [5.41, 5.74) is -0.878. The molecule has 0 aliphatic rings. The summed E-state index contributed by atoms with van der Waals surface area (Å²) in [5.74, 6) is -2.04. The Labute approximate surface area is 138 Å². The molecule has 2 aromatic carbocycles. The van der Waals surface area contributed by atoms with Crippen LogP contribution < -0.4 is 5.63 Å². The number of nitrogens with zero attached hydrogens (tertiary/aromatic N) is 1. The summed E-state index contributed by atoms with van der Waals surface area (Å²) >= 11 is 5.79. The molecule has 0 atom stereocenters. The molecule has 1 aromatic heterocycles. The van der Waals surface area contributed by atoms with Gasteiger partial charge in [0.2, 0.25) is 5.76 Å². The van der Waals surface area contributed by atoms with Crippen molar-refractivity contribution in [3.05, 3.63) is 73.8 Å². The Kier molecular flexibility index (Phi) is 3.78. The summed E-state index contributed by atoms with van der Waals surface area (Å²) in [6, 6.07) is 10.1. The van der Waals surface area contributed by atoms with Gasteiger partial charge in [-0.25, -0.2) is 9.59 Å². The number of rotatable bonds is 3. The topological polar surface area (TPSA) is 111 Å². The van der Waals surface area contributed by atoms with E-state index in [1.165, 1.54) is 18.2 Å². The van der Waals surface area contributed by atoms with Crippen molar-refractivity contribution >= 4 is 34.0 Å². The minimum atomic E-state index is -1.45. The van der Waals surface area contributed by atoms with Gasteiger partial charge in [-0.15, -0.1) is 0 Å². The van der Waals surface area contributed by atoms with Crippen LogP contribution in [0.3, 0.4) is 0 Å². The second-order valence-corrected chi connectivity index (χ2v) is 5.27. The first-order chi connectivity index (χ1) is 11.4. The SMILES string of the molecule is O=C(O)c1oc(=O)c2ccccc2c1-c1ccc(Cl)c([N+](=O)[O-])c1. The maximum atomic E-state index is 12.0. The Balaban J connectivity index is 2.45. The van der Waals surface area contributed by atoms with E-state index in [9.17, 15) is 24.8 Å². The highest BCUT2D eigenvalue weighted by Gasteiger charge is 2.23. The number of aromatic carboxylic acids is 1. The van der Waals surface area contributed by atoms with Crippen LogP contribution in [0, 0.1) is 10.1 Å². The smallest absolute Gasteiger partial charge is 0.372 e. The average Bonchev–Trinajstić information content (AvgIpc) is 2.55. The van der Waals surface area contributed by atoms with Crippen LogP contribution in [0.2, 0.25) is 5.02 Å². The van der Waals surface area contributed by atoms with E-state index in [4.69, 9.17) is 16.0 Å². The average molecular weight is 346 g/mol. The molecule has 0 fully saturated rings. The first-order valence-corrected chi connectivity index (χ1v) is 7.01. The van der Waals surface area contributed by atoms with E-state index in [2.05, 4.69) is 0 Å². The standard InChI is InChI=1S/C16H8ClNO6/c17-11-6-5-8(7-12(11)18(22)23)13-9-3-1-2-4-10(9)16(21)24-14(13)15(19)20/h1-7H,(H,19,20). The number of carboxylic acid groups (broad SMARTS) is 1. The van der Waals surface area contributed by atoms with Crippen LogP contribution in [0.25, 0.3) is 21.9 Å². The highest BCUT2D eigenvalue weighted by molar-refractivity contribution is 6.32. The minimum absolute atomic E-state index is 0.0810. The first-order valence-electron chi connectivity index (χ1n) is 6.63. The lowest BCUT2D eigenvalue weighted by atomic mass is 9.98.